The maximum atomic E-state index is 5.66. The van der Waals surface area contributed by atoms with E-state index in [4.69, 9.17) is 10.5 Å². The molecule has 0 spiro atoms. The van der Waals surface area contributed by atoms with Crippen molar-refractivity contribution in [2.75, 3.05) is 6.54 Å². The van der Waals surface area contributed by atoms with Crippen LogP contribution in [0.4, 0.5) is 0 Å². The van der Waals surface area contributed by atoms with E-state index in [0.29, 0.717) is 18.6 Å². The zero-order valence-electron chi connectivity index (χ0n) is 8.57. The molecular weight excluding hydrogens is 174 g/mol. The maximum absolute atomic E-state index is 5.66. The van der Waals surface area contributed by atoms with Crippen molar-refractivity contribution in [2.24, 2.45) is 5.73 Å². The van der Waals surface area contributed by atoms with Gasteiger partial charge in [-0.2, -0.15) is 0 Å². The summed E-state index contributed by atoms with van der Waals surface area (Å²) in [5.41, 5.74) is 6.89. The van der Waals surface area contributed by atoms with Gasteiger partial charge in [-0.15, -0.1) is 0 Å². The predicted molar refractivity (Wildman–Crippen MR) is 57.6 cm³/mol. The van der Waals surface area contributed by atoms with Gasteiger partial charge >= 0.3 is 0 Å². The van der Waals surface area contributed by atoms with E-state index < -0.39 is 0 Å². The van der Waals surface area contributed by atoms with Crippen molar-refractivity contribution in [1.82, 2.24) is 0 Å². The zero-order valence-corrected chi connectivity index (χ0v) is 8.57. The summed E-state index contributed by atoms with van der Waals surface area (Å²) < 4.78 is 5.66. The van der Waals surface area contributed by atoms with Gasteiger partial charge in [-0.1, -0.05) is 19.1 Å². The minimum absolute atomic E-state index is 0.435. The van der Waals surface area contributed by atoms with Gasteiger partial charge in [-0.25, -0.2) is 0 Å². The van der Waals surface area contributed by atoms with Gasteiger partial charge < -0.3 is 10.5 Å². The van der Waals surface area contributed by atoms with Gasteiger partial charge in [-0.05, 0) is 43.0 Å². The van der Waals surface area contributed by atoms with Gasteiger partial charge in [0.25, 0.3) is 0 Å². The minimum atomic E-state index is 0.435. The fraction of sp³-hybridized carbons (Fsp3) is 0.500. The highest BCUT2D eigenvalue weighted by molar-refractivity contribution is 5.29. The molecule has 1 aromatic rings. The lowest BCUT2D eigenvalue weighted by Gasteiger charge is -2.10. The molecule has 1 aromatic carbocycles. The first kappa shape index (κ1) is 9.53. The van der Waals surface area contributed by atoms with Crippen LogP contribution in [-0.2, 0) is 0 Å². The van der Waals surface area contributed by atoms with Crippen LogP contribution < -0.4 is 10.5 Å². The minimum Gasteiger partial charge on any atom is -0.490 e. The van der Waals surface area contributed by atoms with E-state index in [1.807, 2.05) is 12.1 Å². The summed E-state index contributed by atoms with van der Waals surface area (Å²) in [5, 5.41) is 0. The van der Waals surface area contributed by atoms with E-state index in [-0.39, 0.29) is 0 Å². The second-order valence-electron chi connectivity index (χ2n) is 4.02. The number of ether oxygens (including phenoxy) is 1. The first-order valence-electron chi connectivity index (χ1n) is 5.26. The average molecular weight is 191 g/mol. The summed E-state index contributed by atoms with van der Waals surface area (Å²) in [7, 11) is 0. The maximum Gasteiger partial charge on any atom is 0.119 e. The second-order valence-corrected chi connectivity index (χ2v) is 4.02. The summed E-state index contributed by atoms with van der Waals surface area (Å²) in [5.74, 6) is 1.42. The summed E-state index contributed by atoms with van der Waals surface area (Å²) in [6.45, 7) is 2.83. The second kappa shape index (κ2) is 4.01. The highest BCUT2D eigenvalue weighted by atomic mass is 16.5. The Kier molecular flexibility index (Phi) is 2.73. The molecule has 0 saturated heterocycles. The molecule has 2 N–H and O–H groups in total. The molecule has 1 unspecified atom stereocenters. The number of rotatable bonds is 4. The molecule has 1 atom stereocenters. The molecule has 0 radical (unpaired) electrons. The lowest BCUT2D eigenvalue weighted by molar-refractivity contribution is 0.303. The monoisotopic (exact) mass is 191 g/mol. The van der Waals surface area contributed by atoms with Gasteiger partial charge in [0.15, 0.2) is 0 Å². The van der Waals surface area contributed by atoms with Crippen LogP contribution in [0, 0.1) is 0 Å². The van der Waals surface area contributed by atoms with E-state index in [0.717, 1.165) is 5.75 Å². The molecule has 1 aliphatic rings. The van der Waals surface area contributed by atoms with E-state index in [1.165, 1.54) is 18.4 Å². The van der Waals surface area contributed by atoms with Crippen molar-refractivity contribution in [3.05, 3.63) is 29.8 Å². The molecule has 0 bridgehead atoms. The van der Waals surface area contributed by atoms with Gasteiger partial charge in [0.1, 0.15) is 5.75 Å². The summed E-state index contributed by atoms with van der Waals surface area (Å²) in [6.07, 6.45) is 2.90. The lowest BCUT2D eigenvalue weighted by atomic mass is 10.0. The molecule has 0 aromatic heterocycles. The van der Waals surface area contributed by atoms with Crippen molar-refractivity contribution >= 4 is 0 Å². The Morgan fingerprint density at radius 2 is 2.00 bits per heavy atom. The van der Waals surface area contributed by atoms with Crippen molar-refractivity contribution in [3.63, 3.8) is 0 Å². The molecule has 1 fully saturated rings. The van der Waals surface area contributed by atoms with Gasteiger partial charge in [-0.3, -0.25) is 0 Å². The van der Waals surface area contributed by atoms with Crippen molar-refractivity contribution < 1.29 is 4.74 Å². The fourth-order valence-corrected chi connectivity index (χ4v) is 1.39. The van der Waals surface area contributed by atoms with Crippen LogP contribution in [0.5, 0.6) is 5.75 Å². The van der Waals surface area contributed by atoms with Gasteiger partial charge in [0.05, 0.1) is 6.10 Å². The smallest absolute Gasteiger partial charge is 0.119 e. The third-order valence-electron chi connectivity index (χ3n) is 2.63. The first-order valence-corrected chi connectivity index (χ1v) is 5.26. The highest BCUT2D eigenvalue weighted by Crippen LogP contribution is 2.27. The molecule has 2 nitrogen and oxygen atoms in total. The summed E-state index contributed by atoms with van der Waals surface area (Å²) in [4.78, 5) is 0. The Hall–Kier alpha value is -1.02. The zero-order chi connectivity index (χ0) is 9.97. The normalized spacial score (nSPS) is 17.9. The lowest BCUT2D eigenvalue weighted by Crippen LogP contribution is -2.08. The Bertz CT molecular complexity index is 290. The number of hydrogen-bond acceptors (Lipinski definition) is 2. The first-order chi connectivity index (χ1) is 6.79. The summed E-state index contributed by atoms with van der Waals surface area (Å²) >= 11 is 0. The quantitative estimate of drug-likeness (QED) is 0.792. The van der Waals surface area contributed by atoms with Crippen LogP contribution in [0.2, 0.25) is 0 Å². The molecular formula is C12H17NO. The molecule has 76 valence electrons. The number of hydrogen-bond donors (Lipinski definition) is 1. The molecule has 2 heteroatoms. The summed E-state index contributed by atoms with van der Waals surface area (Å²) in [6, 6.07) is 8.30. The van der Waals surface area contributed by atoms with Crippen molar-refractivity contribution in [1.29, 1.82) is 0 Å². The van der Waals surface area contributed by atoms with Gasteiger partial charge in [0.2, 0.25) is 0 Å². The van der Waals surface area contributed by atoms with Crippen molar-refractivity contribution in [3.8, 4) is 5.75 Å². The molecule has 0 heterocycles. The molecule has 14 heavy (non-hydrogen) atoms. The van der Waals surface area contributed by atoms with Crippen LogP contribution in [-0.4, -0.2) is 12.6 Å². The topological polar surface area (TPSA) is 35.2 Å². The predicted octanol–water partition coefficient (Wildman–Crippen LogP) is 2.29. The van der Waals surface area contributed by atoms with E-state index in [2.05, 4.69) is 19.1 Å². The third kappa shape index (κ3) is 2.26. The Balaban J connectivity index is 2.01. The molecule has 1 aliphatic carbocycles. The van der Waals surface area contributed by atoms with Crippen LogP contribution in [0.3, 0.4) is 0 Å². The fourth-order valence-electron chi connectivity index (χ4n) is 1.39. The standard InChI is InChI=1S/C12H17NO/c1-9(8-13)10-2-4-11(5-3-10)14-12-6-7-12/h2-5,9,12H,6-8,13H2,1H3. The van der Waals surface area contributed by atoms with E-state index in [9.17, 15) is 0 Å². The Morgan fingerprint density at radius 1 is 1.36 bits per heavy atom. The average Bonchev–Trinajstić information content (AvgIpc) is 3.02. The van der Waals surface area contributed by atoms with Crippen molar-refractivity contribution in [2.45, 2.75) is 31.8 Å². The molecule has 0 amide bonds. The van der Waals surface area contributed by atoms with E-state index >= 15 is 0 Å². The van der Waals surface area contributed by atoms with Crippen LogP contribution in [0.25, 0.3) is 0 Å². The van der Waals surface area contributed by atoms with Crippen LogP contribution >= 0.6 is 0 Å². The number of benzene rings is 1. The van der Waals surface area contributed by atoms with Crippen LogP contribution in [0.15, 0.2) is 24.3 Å². The Morgan fingerprint density at radius 3 is 2.50 bits per heavy atom. The molecule has 1 saturated carbocycles. The number of nitrogens with two attached hydrogens (primary N) is 1. The third-order valence-corrected chi connectivity index (χ3v) is 2.63. The highest BCUT2D eigenvalue weighted by Gasteiger charge is 2.23. The molecule has 2 rings (SSSR count). The Labute approximate surface area is 85.1 Å². The van der Waals surface area contributed by atoms with E-state index in [1.54, 1.807) is 0 Å². The SMILES string of the molecule is CC(CN)c1ccc(OC2CC2)cc1. The molecule has 0 aliphatic heterocycles. The van der Waals surface area contributed by atoms with Gasteiger partial charge in [0, 0.05) is 0 Å². The largest absolute Gasteiger partial charge is 0.490 e. The van der Waals surface area contributed by atoms with Crippen LogP contribution in [0.1, 0.15) is 31.2 Å².